The van der Waals surface area contributed by atoms with E-state index in [9.17, 15) is 9.59 Å². The molecule has 2 aromatic carbocycles. The number of ether oxygens (including phenoxy) is 3. The van der Waals surface area contributed by atoms with E-state index in [1.54, 1.807) is 55.5 Å². The first-order chi connectivity index (χ1) is 11.6. The second-order valence-electron chi connectivity index (χ2n) is 4.68. The number of rotatable bonds is 7. The first-order valence-electron chi connectivity index (χ1n) is 7.31. The summed E-state index contributed by atoms with van der Waals surface area (Å²) in [5.41, 5.74) is 5.71. The van der Waals surface area contributed by atoms with E-state index in [2.05, 4.69) is 5.32 Å². The maximum absolute atomic E-state index is 11.3. The summed E-state index contributed by atoms with van der Waals surface area (Å²) in [7, 11) is 0. The molecule has 0 aromatic heterocycles. The maximum atomic E-state index is 11.3. The minimum atomic E-state index is -0.866. The lowest BCUT2D eigenvalue weighted by molar-refractivity contribution is -0.140. The van der Waals surface area contributed by atoms with Gasteiger partial charge < -0.3 is 25.3 Å². The molecule has 1 amide bonds. The molecule has 0 radical (unpaired) electrons. The van der Waals surface area contributed by atoms with E-state index in [0.717, 1.165) is 5.69 Å². The molecule has 0 unspecified atom stereocenters. The van der Waals surface area contributed by atoms with Crippen LogP contribution in [0.5, 0.6) is 17.2 Å². The minimum Gasteiger partial charge on any atom is -0.465 e. The van der Waals surface area contributed by atoms with Crippen LogP contribution in [0.2, 0.25) is 0 Å². The number of nitrogens with one attached hydrogen (secondary N) is 1. The number of hydrogen-bond acceptors (Lipinski definition) is 6. The van der Waals surface area contributed by atoms with Crippen molar-refractivity contribution in [2.45, 2.75) is 6.92 Å². The Morgan fingerprint density at radius 2 is 1.50 bits per heavy atom. The fourth-order valence-electron chi connectivity index (χ4n) is 1.86. The molecule has 0 saturated heterocycles. The topological polar surface area (TPSA) is 99.9 Å². The molecule has 0 aliphatic heterocycles. The highest BCUT2D eigenvalue weighted by Crippen LogP contribution is 2.25. The zero-order chi connectivity index (χ0) is 17.4. The van der Waals surface area contributed by atoms with Crippen molar-refractivity contribution in [3.8, 4) is 17.2 Å². The monoisotopic (exact) mass is 330 g/mol. The first kappa shape index (κ1) is 17.1. The molecule has 0 heterocycles. The van der Waals surface area contributed by atoms with Crippen molar-refractivity contribution in [3.63, 3.8) is 0 Å². The lowest BCUT2D eigenvalue weighted by Gasteiger charge is -2.09. The molecule has 0 aliphatic carbocycles. The van der Waals surface area contributed by atoms with Gasteiger partial charge in [-0.15, -0.1) is 0 Å². The number of hydrogen-bond donors (Lipinski definition) is 2. The Labute approximate surface area is 139 Å². The van der Waals surface area contributed by atoms with E-state index in [4.69, 9.17) is 19.9 Å². The first-order valence-corrected chi connectivity index (χ1v) is 7.31. The van der Waals surface area contributed by atoms with Gasteiger partial charge in [0.25, 0.3) is 0 Å². The van der Waals surface area contributed by atoms with Gasteiger partial charge in [0.05, 0.1) is 6.61 Å². The lowest BCUT2D eigenvalue weighted by atomic mass is 10.3. The Bertz CT molecular complexity index is 683. The van der Waals surface area contributed by atoms with Gasteiger partial charge in [-0.2, -0.15) is 0 Å². The Morgan fingerprint density at radius 1 is 0.958 bits per heavy atom. The number of carbonyl (C=O) groups is 2. The number of carbonyl (C=O) groups excluding carboxylic acids is 2. The Hall–Kier alpha value is -3.22. The summed E-state index contributed by atoms with van der Waals surface area (Å²) in [6.45, 7) is 2.22. The molecule has 7 nitrogen and oxygen atoms in total. The van der Waals surface area contributed by atoms with Crippen LogP contribution in [0.3, 0.4) is 0 Å². The Morgan fingerprint density at radius 3 is 2.04 bits per heavy atom. The van der Waals surface area contributed by atoms with Crippen molar-refractivity contribution < 1.29 is 23.8 Å². The predicted octanol–water partition coefficient (Wildman–Crippen LogP) is 2.91. The van der Waals surface area contributed by atoms with Gasteiger partial charge in [-0.25, -0.2) is 4.79 Å². The largest absolute Gasteiger partial charge is 0.465 e. The fraction of sp³-hybridized carbons (Fsp3) is 0.176. The number of nitrogens with two attached hydrogens (primary N) is 1. The molecule has 0 spiro atoms. The van der Waals surface area contributed by atoms with Crippen LogP contribution in [-0.4, -0.2) is 25.2 Å². The number of benzene rings is 2. The average Bonchev–Trinajstić information content (AvgIpc) is 2.56. The van der Waals surface area contributed by atoms with E-state index in [0.29, 0.717) is 23.9 Å². The third kappa shape index (κ3) is 5.53. The lowest BCUT2D eigenvalue weighted by Crippen LogP contribution is -2.16. The third-order valence-corrected chi connectivity index (χ3v) is 2.87. The summed E-state index contributed by atoms with van der Waals surface area (Å²) < 4.78 is 15.2. The van der Waals surface area contributed by atoms with Crippen LogP contribution in [0.1, 0.15) is 6.92 Å². The van der Waals surface area contributed by atoms with E-state index < -0.39 is 6.09 Å². The van der Waals surface area contributed by atoms with E-state index in [1.165, 1.54) is 0 Å². The highest BCUT2D eigenvalue weighted by Gasteiger charge is 2.03. The smallest absolute Gasteiger partial charge is 0.409 e. The second kappa shape index (κ2) is 8.42. The van der Waals surface area contributed by atoms with E-state index >= 15 is 0 Å². The minimum absolute atomic E-state index is 0.107. The molecule has 3 N–H and O–H groups in total. The summed E-state index contributed by atoms with van der Waals surface area (Å²) in [5, 5.41) is 2.96. The van der Waals surface area contributed by atoms with Crippen molar-refractivity contribution >= 4 is 17.7 Å². The molecule has 0 atom stereocenters. The Kier molecular flexibility index (Phi) is 6.01. The highest BCUT2D eigenvalue weighted by molar-refractivity contribution is 5.75. The summed E-state index contributed by atoms with van der Waals surface area (Å²) in [6.07, 6.45) is -0.866. The molecule has 2 aromatic rings. The van der Waals surface area contributed by atoms with Gasteiger partial charge in [0.1, 0.15) is 23.8 Å². The van der Waals surface area contributed by atoms with Crippen LogP contribution in [0.4, 0.5) is 10.5 Å². The van der Waals surface area contributed by atoms with Gasteiger partial charge in [-0.05, 0) is 55.5 Å². The van der Waals surface area contributed by atoms with Crippen molar-refractivity contribution in [2.24, 2.45) is 5.73 Å². The SMILES string of the molecule is CCOC(=O)CNc1ccc(Oc2ccc(OC(N)=O)cc2)cc1. The van der Waals surface area contributed by atoms with Gasteiger partial charge in [-0.1, -0.05) is 0 Å². The van der Waals surface area contributed by atoms with E-state index in [-0.39, 0.29) is 12.5 Å². The van der Waals surface area contributed by atoms with Gasteiger partial charge in [0, 0.05) is 5.69 Å². The predicted molar refractivity (Wildman–Crippen MR) is 88.3 cm³/mol. The van der Waals surface area contributed by atoms with Gasteiger partial charge in [0.2, 0.25) is 0 Å². The van der Waals surface area contributed by atoms with Crippen LogP contribution in [0.25, 0.3) is 0 Å². The summed E-state index contributed by atoms with van der Waals surface area (Å²) in [6, 6.07) is 13.6. The fourth-order valence-corrected chi connectivity index (χ4v) is 1.86. The van der Waals surface area contributed by atoms with Gasteiger partial charge in [-0.3, -0.25) is 4.79 Å². The zero-order valence-electron chi connectivity index (χ0n) is 13.2. The molecule has 24 heavy (non-hydrogen) atoms. The molecule has 0 bridgehead atoms. The van der Waals surface area contributed by atoms with Crippen LogP contribution < -0.4 is 20.5 Å². The molecule has 2 rings (SSSR count). The molecular weight excluding hydrogens is 312 g/mol. The summed E-state index contributed by atoms with van der Waals surface area (Å²) in [5.74, 6) is 1.24. The van der Waals surface area contributed by atoms with Gasteiger partial charge >= 0.3 is 12.1 Å². The molecular formula is C17H18N2O5. The second-order valence-corrected chi connectivity index (χ2v) is 4.68. The Balaban J connectivity index is 1.89. The maximum Gasteiger partial charge on any atom is 0.409 e. The summed E-state index contributed by atoms with van der Waals surface area (Å²) >= 11 is 0. The van der Waals surface area contributed by atoms with E-state index in [1.807, 2.05) is 0 Å². The molecule has 7 heteroatoms. The normalized spacial score (nSPS) is 9.88. The zero-order valence-corrected chi connectivity index (χ0v) is 13.2. The number of esters is 1. The van der Waals surface area contributed by atoms with Crippen LogP contribution >= 0.6 is 0 Å². The standard InChI is InChI=1S/C17H18N2O5/c1-2-22-16(20)11-19-12-3-5-13(6-4-12)23-14-7-9-15(10-8-14)24-17(18)21/h3-10,19H,2,11H2,1H3,(H2,18,21). The molecule has 0 fully saturated rings. The molecule has 0 aliphatic rings. The van der Waals surface area contributed by atoms with Crippen LogP contribution in [0.15, 0.2) is 48.5 Å². The van der Waals surface area contributed by atoms with Crippen molar-refractivity contribution in [1.29, 1.82) is 0 Å². The van der Waals surface area contributed by atoms with Crippen LogP contribution in [-0.2, 0) is 9.53 Å². The van der Waals surface area contributed by atoms with Crippen molar-refractivity contribution in [3.05, 3.63) is 48.5 Å². The van der Waals surface area contributed by atoms with Crippen molar-refractivity contribution in [1.82, 2.24) is 0 Å². The van der Waals surface area contributed by atoms with Crippen LogP contribution in [0, 0.1) is 0 Å². The summed E-state index contributed by atoms with van der Waals surface area (Å²) in [4.78, 5) is 21.9. The number of primary amides is 1. The molecule has 0 saturated carbocycles. The molecule has 126 valence electrons. The van der Waals surface area contributed by atoms with Gasteiger partial charge in [0.15, 0.2) is 0 Å². The third-order valence-electron chi connectivity index (χ3n) is 2.87. The van der Waals surface area contributed by atoms with Crippen molar-refractivity contribution in [2.75, 3.05) is 18.5 Å². The number of anilines is 1. The number of amides is 1. The highest BCUT2D eigenvalue weighted by atomic mass is 16.5. The quantitative estimate of drug-likeness (QED) is 0.757. The average molecular weight is 330 g/mol.